The molecule has 2 heteroatoms. The van der Waals surface area contributed by atoms with Gasteiger partial charge in [-0.15, -0.1) is 0 Å². The second-order valence-corrected chi connectivity index (χ2v) is 6.24. The van der Waals surface area contributed by atoms with E-state index in [1.165, 1.54) is 24.2 Å². The fraction of sp³-hybridized carbons (Fsp3) is 0.533. The molecule has 1 aliphatic rings. The molecule has 90 valence electrons. The molecule has 0 spiro atoms. The van der Waals surface area contributed by atoms with Gasteiger partial charge in [-0.25, -0.2) is 4.98 Å². The maximum atomic E-state index is 4.73. The van der Waals surface area contributed by atoms with Gasteiger partial charge in [-0.2, -0.15) is 0 Å². The zero-order chi connectivity index (χ0) is 12.0. The highest BCUT2D eigenvalue weighted by Gasteiger charge is 2.30. The smallest absolute Gasteiger partial charge is 0.137 e. The van der Waals surface area contributed by atoms with E-state index in [1.807, 2.05) is 0 Å². The van der Waals surface area contributed by atoms with Gasteiger partial charge >= 0.3 is 0 Å². The third-order valence-electron chi connectivity index (χ3n) is 4.11. The summed E-state index contributed by atoms with van der Waals surface area (Å²) in [6.45, 7) is 7.06. The Kier molecular flexibility index (Phi) is 2.29. The number of nitrogens with zero attached hydrogens (tertiary/aromatic N) is 2. The number of hydrogen-bond donors (Lipinski definition) is 0. The lowest BCUT2D eigenvalue weighted by Gasteiger charge is -2.33. The van der Waals surface area contributed by atoms with E-state index < -0.39 is 0 Å². The van der Waals surface area contributed by atoms with Gasteiger partial charge in [0.2, 0.25) is 0 Å². The lowest BCUT2D eigenvalue weighted by molar-refractivity contribution is 0.213. The quantitative estimate of drug-likeness (QED) is 0.674. The first-order valence-electron chi connectivity index (χ1n) is 6.50. The molecule has 2 aromatic heterocycles. The summed E-state index contributed by atoms with van der Waals surface area (Å²) in [5, 5.41) is 0. The van der Waals surface area contributed by atoms with Crippen LogP contribution in [0.2, 0.25) is 0 Å². The first-order chi connectivity index (χ1) is 8.05. The van der Waals surface area contributed by atoms with Crippen LogP contribution in [0.1, 0.15) is 38.6 Å². The van der Waals surface area contributed by atoms with Crippen LogP contribution in [-0.2, 0) is 12.8 Å². The molecule has 0 saturated heterocycles. The van der Waals surface area contributed by atoms with E-state index in [2.05, 4.69) is 49.6 Å². The van der Waals surface area contributed by atoms with Crippen LogP contribution in [-0.4, -0.2) is 9.38 Å². The number of fused-ring (bicyclic) bond motifs is 3. The topological polar surface area (TPSA) is 17.3 Å². The average Bonchev–Trinajstić information content (AvgIpc) is 2.65. The molecule has 2 aromatic rings. The molecule has 0 saturated carbocycles. The van der Waals surface area contributed by atoms with E-state index in [1.54, 1.807) is 0 Å². The molecular formula is C15H20N2. The van der Waals surface area contributed by atoms with Gasteiger partial charge in [0.1, 0.15) is 5.65 Å². The van der Waals surface area contributed by atoms with Crippen molar-refractivity contribution in [2.75, 3.05) is 0 Å². The molecule has 2 heterocycles. The Labute approximate surface area is 103 Å². The van der Waals surface area contributed by atoms with Gasteiger partial charge in [0.15, 0.2) is 0 Å². The number of pyridine rings is 1. The molecule has 3 rings (SSSR count). The van der Waals surface area contributed by atoms with Crippen LogP contribution in [0.3, 0.4) is 0 Å². The van der Waals surface area contributed by atoms with Crippen molar-refractivity contribution in [3.8, 4) is 0 Å². The molecule has 0 amide bonds. The van der Waals surface area contributed by atoms with Crippen LogP contribution < -0.4 is 0 Å². The maximum absolute atomic E-state index is 4.73. The molecule has 0 aliphatic heterocycles. The number of imidazole rings is 1. The first-order valence-corrected chi connectivity index (χ1v) is 6.50. The lowest BCUT2D eigenvalue weighted by atomic mass is 9.73. The Hall–Kier alpha value is -1.31. The maximum Gasteiger partial charge on any atom is 0.137 e. The summed E-state index contributed by atoms with van der Waals surface area (Å²) in [6.07, 6.45) is 5.73. The molecule has 17 heavy (non-hydrogen) atoms. The van der Waals surface area contributed by atoms with Crippen molar-refractivity contribution in [2.45, 2.75) is 40.0 Å². The number of hydrogen-bond acceptors (Lipinski definition) is 1. The van der Waals surface area contributed by atoms with E-state index in [9.17, 15) is 0 Å². The van der Waals surface area contributed by atoms with E-state index in [0.717, 1.165) is 18.0 Å². The summed E-state index contributed by atoms with van der Waals surface area (Å²) >= 11 is 0. The van der Waals surface area contributed by atoms with Crippen LogP contribution in [0.4, 0.5) is 0 Å². The molecule has 0 aromatic carbocycles. The Bertz CT molecular complexity index is 546. The average molecular weight is 228 g/mol. The van der Waals surface area contributed by atoms with Gasteiger partial charge in [0.05, 0.1) is 5.69 Å². The molecule has 0 radical (unpaired) electrons. The van der Waals surface area contributed by atoms with Crippen molar-refractivity contribution in [1.82, 2.24) is 9.38 Å². The monoisotopic (exact) mass is 228 g/mol. The van der Waals surface area contributed by atoms with Gasteiger partial charge in [0, 0.05) is 11.9 Å². The van der Waals surface area contributed by atoms with Gasteiger partial charge in [0.25, 0.3) is 0 Å². The highest BCUT2D eigenvalue weighted by molar-refractivity contribution is 5.44. The van der Waals surface area contributed by atoms with E-state index >= 15 is 0 Å². The van der Waals surface area contributed by atoms with Crippen molar-refractivity contribution in [1.29, 1.82) is 0 Å². The summed E-state index contributed by atoms with van der Waals surface area (Å²) in [5.41, 5.74) is 4.26. The van der Waals surface area contributed by atoms with Gasteiger partial charge < -0.3 is 4.40 Å². The number of aryl methyl sites for hydroxylation is 1. The van der Waals surface area contributed by atoms with Crippen molar-refractivity contribution in [3.63, 3.8) is 0 Å². The summed E-state index contributed by atoms with van der Waals surface area (Å²) in [4.78, 5) is 4.73. The number of aromatic nitrogens is 2. The van der Waals surface area contributed by atoms with Crippen molar-refractivity contribution < 1.29 is 0 Å². The highest BCUT2D eigenvalue weighted by atomic mass is 15.0. The molecule has 2 nitrogen and oxygen atoms in total. The summed E-state index contributed by atoms with van der Waals surface area (Å²) in [7, 11) is 0. The van der Waals surface area contributed by atoms with Gasteiger partial charge in [-0.1, -0.05) is 26.8 Å². The Balaban J connectivity index is 2.06. The molecule has 1 aliphatic carbocycles. The predicted molar refractivity (Wildman–Crippen MR) is 70.2 cm³/mol. The lowest BCUT2D eigenvalue weighted by Crippen LogP contribution is -2.27. The van der Waals surface area contributed by atoms with E-state index in [0.29, 0.717) is 5.41 Å². The van der Waals surface area contributed by atoms with Crippen molar-refractivity contribution in [3.05, 3.63) is 35.8 Å². The SMILES string of the molecule is CC(C)(C)C1CCc2nc3ccccn3c2C1. The molecule has 0 fully saturated rings. The minimum atomic E-state index is 0.399. The highest BCUT2D eigenvalue weighted by Crippen LogP contribution is 2.37. The van der Waals surface area contributed by atoms with Gasteiger partial charge in [-0.3, -0.25) is 0 Å². The van der Waals surface area contributed by atoms with Crippen LogP contribution in [0.5, 0.6) is 0 Å². The molecule has 1 unspecified atom stereocenters. The van der Waals surface area contributed by atoms with Crippen LogP contribution >= 0.6 is 0 Å². The fourth-order valence-electron chi connectivity index (χ4n) is 2.90. The third kappa shape index (κ3) is 1.76. The van der Waals surface area contributed by atoms with Crippen molar-refractivity contribution >= 4 is 5.65 Å². The summed E-state index contributed by atoms with van der Waals surface area (Å²) in [6, 6.07) is 6.26. The Morgan fingerprint density at radius 2 is 2.12 bits per heavy atom. The second kappa shape index (κ2) is 3.59. The second-order valence-electron chi connectivity index (χ2n) is 6.24. The van der Waals surface area contributed by atoms with Crippen LogP contribution in [0, 0.1) is 11.3 Å². The minimum Gasteiger partial charge on any atom is -0.304 e. The van der Waals surface area contributed by atoms with Crippen molar-refractivity contribution in [2.24, 2.45) is 11.3 Å². The Morgan fingerprint density at radius 3 is 2.88 bits per heavy atom. The zero-order valence-corrected chi connectivity index (χ0v) is 10.9. The molecular weight excluding hydrogens is 208 g/mol. The predicted octanol–water partition coefficient (Wildman–Crippen LogP) is 3.49. The van der Waals surface area contributed by atoms with Gasteiger partial charge in [-0.05, 0) is 42.7 Å². The summed E-state index contributed by atoms with van der Waals surface area (Å²) < 4.78 is 2.27. The minimum absolute atomic E-state index is 0.399. The summed E-state index contributed by atoms with van der Waals surface area (Å²) in [5.74, 6) is 0.773. The standard InChI is InChI=1S/C15H20N2/c1-15(2,3)11-7-8-12-13(10-11)17-9-5-4-6-14(17)16-12/h4-6,9,11H,7-8,10H2,1-3H3. The number of rotatable bonds is 0. The van der Waals surface area contributed by atoms with Crippen LogP contribution in [0.25, 0.3) is 5.65 Å². The fourth-order valence-corrected chi connectivity index (χ4v) is 2.90. The molecule has 0 N–H and O–H groups in total. The Morgan fingerprint density at radius 1 is 1.29 bits per heavy atom. The van der Waals surface area contributed by atoms with Crippen LogP contribution in [0.15, 0.2) is 24.4 Å². The largest absolute Gasteiger partial charge is 0.304 e. The normalized spacial score (nSPS) is 20.5. The molecule has 0 bridgehead atoms. The molecule has 1 atom stereocenters. The third-order valence-corrected chi connectivity index (χ3v) is 4.11. The van der Waals surface area contributed by atoms with E-state index in [-0.39, 0.29) is 0 Å². The van der Waals surface area contributed by atoms with E-state index in [4.69, 9.17) is 4.98 Å². The zero-order valence-electron chi connectivity index (χ0n) is 10.9. The first kappa shape index (κ1) is 10.8.